The van der Waals surface area contributed by atoms with Gasteiger partial charge in [-0.05, 0) is 19.1 Å². The molecule has 0 bridgehead atoms. The highest BCUT2D eigenvalue weighted by atomic mass is 16.1. The summed E-state index contributed by atoms with van der Waals surface area (Å²) in [6.45, 7) is 1.44. The zero-order valence-corrected chi connectivity index (χ0v) is 7.64. The Bertz CT molecular complexity index is 394. The van der Waals surface area contributed by atoms with Gasteiger partial charge in [-0.3, -0.25) is 0 Å². The minimum atomic E-state index is 0.750. The van der Waals surface area contributed by atoms with Gasteiger partial charge in [-0.15, -0.1) is 0 Å². The third kappa shape index (κ3) is 2.11. The van der Waals surface area contributed by atoms with Crippen molar-refractivity contribution in [1.82, 2.24) is 14.5 Å². The number of aldehydes is 1. The van der Waals surface area contributed by atoms with E-state index in [1.165, 1.54) is 6.92 Å². The second kappa shape index (κ2) is 4.35. The zero-order chi connectivity index (χ0) is 9.68. The monoisotopic (exact) mass is 177 g/mol. The molecule has 4 heteroatoms. The summed E-state index contributed by atoms with van der Waals surface area (Å²) in [5.41, 5.74) is 1.88. The first-order valence-corrected chi connectivity index (χ1v) is 3.91. The summed E-state index contributed by atoms with van der Waals surface area (Å²) >= 11 is 0. The predicted octanol–water partition coefficient (Wildman–Crippen LogP) is 1.17. The van der Waals surface area contributed by atoms with Crippen LogP contribution in [0.1, 0.15) is 6.92 Å². The van der Waals surface area contributed by atoms with Gasteiger partial charge in [-0.25, -0.2) is 9.97 Å². The number of hydrogen-bond acceptors (Lipinski definition) is 3. The molecule has 68 valence electrons. The maximum absolute atomic E-state index is 8.81. The van der Waals surface area contributed by atoms with Crippen molar-refractivity contribution >= 4 is 17.5 Å². The Kier molecular flexibility index (Phi) is 3.14. The van der Waals surface area contributed by atoms with E-state index in [0.29, 0.717) is 0 Å². The summed E-state index contributed by atoms with van der Waals surface area (Å²) in [7, 11) is 1.93. The molecule has 0 atom stereocenters. The molecule has 0 spiro atoms. The molecule has 2 heterocycles. The second-order valence-electron chi connectivity index (χ2n) is 2.44. The average molecular weight is 177 g/mol. The van der Waals surface area contributed by atoms with Crippen molar-refractivity contribution in [3.05, 3.63) is 24.7 Å². The molecule has 4 nitrogen and oxygen atoms in total. The minimum absolute atomic E-state index is 0.750. The first-order chi connectivity index (χ1) is 6.29. The third-order valence-corrected chi connectivity index (χ3v) is 1.47. The predicted molar refractivity (Wildman–Crippen MR) is 50.2 cm³/mol. The van der Waals surface area contributed by atoms with Gasteiger partial charge in [0.15, 0.2) is 5.65 Å². The van der Waals surface area contributed by atoms with Crippen LogP contribution in [0.2, 0.25) is 0 Å². The molecule has 0 N–H and O–H groups in total. The number of carbonyl (C=O) groups is 1. The van der Waals surface area contributed by atoms with Gasteiger partial charge in [0.1, 0.15) is 11.8 Å². The van der Waals surface area contributed by atoms with Crippen molar-refractivity contribution in [2.45, 2.75) is 6.92 Å². The van der Waals surface area contributed by atoms with Crippen molar-refractivity contribution in [2.24, 2.45) is 7.05 Å². The van der Waals surface area contributed by atoms with Crippen molar-refractivity contribution in [3.8, 4) is 0 Å². The lowest BCUT2D eigenvalue weighted by Gasteiger charge is -1.88. The van der Waals surface area contributed by atoms with Gasteiger partial charge in [-0.1, -0.05) is 0 Å². The van der Waals surface area contributed by atoms with E-state index >= 15 is 0 Å². The molecule has 2 aromatic heterocycles. The normalized spacial score (nSPS) is 9.08. The summed E-state index contributed by atoms with van der Waals surface area (Å²) in [6, 6.07) is 3.83. The van der Waals surface area contributed by atoms with E-state index < -0.39 is 0 Å². The number of aromatic nitrogens is 3. The molecule has 13 heavy (non-hydrogen) atoms. The van der Waals surface area contributed by atoms with Crippen LogP contribution in [0.3, 0.4) is 0 Å². The largest absolute Gasteiger partial charge is 0.318 e. The Balaban J connectivity index is 0.000000251. The lowest BCUT2D eigenvalue weighted by Crippen LogP contribution is -1.85. The van der Waals surface area contributed by atoms with Crippen LogP contribution in [0.4, 0.5) is 0 Å². The van der Waals surface area contributed by atoms with Gasteiger partial charge in [0, 0.05) is 13.2 Å². The van der Waals surface area contributed by atoms with Crippen LogP contribution in [0.15, 0.2) is 24.7 Å². The zero-order valence-electron chi connectivity index (χ0n) is 7.64. The van der Waals surface area contributed by atoms with Crippen LogP contribution in [0.5, 0.6) is 0 Å². The molecule has 0 aliphatic heterocycles. The first kappa shape index (κ1) is 9.38. The molecule has 0 radical (unpaired) electrons. The number of fused-ring (bicyclic) bond motifs is 1. The summed E-state index contributed by atoms with van der Waals surface area (Å²) in [5.74, 6) is 0. The highest BCUT2D eigenvalue weighted by Crippen LogP contribution is 2.05. The van der Waals surface area contributed by atoms with Crippen molar-refractivity contribution in [2.75, 3.05) is 0 Å². The van der Waals surface area contributed by atoms with Crippen molar-refractivity contribution in [3.63, 3.8) is 0 Å². The molecular formula is C9H11N3O. The van der Waals surface area contributed by atoms with E-state index in [1.54, 1.807) is 12.5 Å². The molecule has 2 aromatic rings. The number of pyridine rings is 1. The van der Waals surface area contributed by atoms with Gasteiger partial charge in [0.05, 0.1) is 6.33 Å². The molecule has 2 rings (SSSR count). The topological polar surface area (TPSA) is 47.8 Å². The molecule has 0 aliphatic carbocycles. The van der Waals surface area contributed by atoms with Crippen LogP contribution in [0.25, 0.3) is 11.2 Å². The first-order valence-electron chi connectivity index (χ1n) is 3.91. The number of imidazole rings is 1. The molecule has 0 saturated carbocycles. The lowest BCUT2D eigenvalue weighted by molar-refractivity contribution is -0.106. The number of nitrogens with zero attached hydrogens (tertiary/aromatic N) is 3. The summed E-state index contributed by atoms with van der Waals surface area (Å²) < 4.78 is 1.90. The van der Waals surface area contributed by atoms with Gasteiger partial charge in [-0.2, -0.15) is 0 Å². The fourth-order valence-electron chi connectivity index (χ4n) is 0.964. The number of rotatable bonds is 0. The van der Waals surface area contributed by atoms with Crippen molar-refractivity contribution < 1.29 is 4.79 Å². The van der Waals surface area contributed by atoms with Gasteiger partial charge >= 0.3 is 0 Å². The van der Waals surface area contributed by atoms with Gasteiger partial charge in [0.2, 0.25) is 0 Å². The fraction of sp³-hybridized carbons (Fsp3) is 0.222. The number of hydrogen-bond donors (Lipinski definition) is 0. The Morgan fingerprint density at radius 1 is 1.46 bits per heavy atom. The molecule has 0 aliphatic rings. The number of aryl methyl sites for hydroxylation is 1. The summed E-state index contributed by atoms with van der Waals surface area (Å²) in [6.07, 6.45) is 4.28. The van der Waals surface area contributed by atoms with Crippen LogP contribution >= 0.6 is 0 Å². The van der Waals surface area contributed by atoms with Crippen LogP contribution in [0, 0.1) is 0 Å². The smallest absolute Gasteiger partial charge is 0.159 e. The van der Waals surface area contributed by atoms with E-state index in [4.69, 9.17) is 4.79 Å². The van der Waals surface area contributed by atoms with Crippen LogP contribution in [-0.4, -0.2) is 20.8 Å². The molecule has 0 unspecified atom stereocenters. The maximum atomic E-state index is 8.81. The summed E-state index contributed by atoms with van der Waals surface area (Å²) in [4.78, 5) is 17.1. The number of carbonyl (C=O) groups excluding carboxylic acids is 1. The Morgan fingerprint density at radius 2 is 2.15 bits per heavy atom. The molecule has 0 fully saturated rings. The summed E-state index contributed by atoms with van der Waals surface area (Å²) in [5, 5.41) is 0. The minimum Gasteiger partial charge on any atom is -0.318 e. The standard InChI is InChI=1S/C7H7N3.C2H4O/c1-10-5-9-6-3-2-4-8-7(6)10;1-2-3/h2-5H,1H3;2H,1H3. The second-order valence-corrected chi connectivity index (χ2v) is 2.44. The SMILES string of the molecule is CC=O.Cn1cnc2cccnc21. The van der Waals surface area contributed by atoms with Gasteiger partial charge < -0.3 is 9.36 Å². The third-order valence-electron chi connectivity index (χ3n) is 1.47. The highest BCUT2D eigenvalue weighted by molar-refractivity contribution is 5.69. The van der Waals surface area contributed by atoms with E-state index in [0.717, 1.165) is 17.5 Å². The van der Waals surface area contributed by atoms with E-state index in [1.807, 2.05) is 23.7 Å². The quantitative estimate of drug-likeness (QED) is 0.567. The van der Waals surface area contributed by atoms with Crippen molar-refractivity contribution in [1.29, 1.82) is 0 Å². The van der Waals surface area contributed by atoms with Crippen LogP contribution < -0.4 is 0 Å². The fourth-order valence-corrected chi connectivity index (χ4v) is 0.964. The van der Waals surface area contributed by atoms with E-state index in [-0.39, 0.29) is 0 Å². The lowest BCUT2D eigenvalue weighted by atomic mass is 10.4. The highest BCUT2D eigenvalue weighted by Gasteiger charge is 1.95. The molecule has 0 amide bonds. The Hall–Kier alpha value is -1.71. The Morgan fingerprint density at radius 3 is 2.77 bits per heavy atom. The van der Waals surface area contributed by atoms with E-state index in [9.17, 15) is 0 Å². The van der Waals surface area contributed by atoms with E-state index in [2.05, 4.69) is 9.97 Å². The van der Waals surface area contributed by atoms with Crippen LogP contribution in [-0.2, 0) is 11.8 Å². The average Bonchev–Trinajstić information content (AvgIpc) is 2.50. The maximum Gasteiger partial charge on any atom is 0.159 e. The molecular weight excluding hydrogens is 166 g/mol. The molecule has 0 saturated heterocycles. The Labute approximate surface area is 76.2 Å². The van der Waals surface area contributed by atoms with Gasteiger partial charge in [0.25, 0.3) is 0 Å². The molecule has 0 aromatic carbocycles.